The third kappa shape index (κ3) is 1.98. The molecule has 78 valence electrons. The minimum atomic E-state index is -1.49. The molecule has 0 radical (unpaired) electrons. The van der Waals surface area contributed by atoms with Gasteiger partial charge in [-0.25, -0.2) is 13.2 Å². The zero-order chi connectivity index (χ0) is 11.0. The zero-order valence-corrected chi connectivity index (χ0v) is 9.94. The summed E-state index contributed by atoms with van der Waals surface area (Å²) in [6, 6.07) is 2.01. The maximum Gasteiger partial charge on any atom is 0.195 e. The van der Waals surface area contributed by atoms with Crippen molar-refractivity contribution in [3.8, 4) is 10.6 Å². The largest absolute Gasteiger partial charge is 0.204 e. The first-order valence-electron chi connectivity index (χ1n) is 3.72. The maximum atomic E-state index is 13.3. The molecule has 2 nitrogen and oxygen atoms in total. The first-order valence-corrected chi connectivity index (χ1v) is 5.62. The van der Waals surface area contributed by atoms with Crippen molar-refractivity contribution < 1.29 is 13.2 Å². The predicted molar refractivity (Wildman–Crippen MR) is 57.9 cm³/mol. The molecule has 1 aromatic carbocycles. The van der Waals surface area contributed by atoms with E-state index in [0.717, 1.165) is 23.5 Å². The fourth-order valence-corrected chi connectivity index (χ4v) is 2.33. The Morgan fingerprint density at radius 3 is 2.40 bits per heavy atom. The fraction of sp³-hybridized carbons (Fsp3) is 0. The summed E-state index contributed by atoms with van der Waals surface area (Å²) in [5.74, 6) is -3.93. The van der Waals surface area contributed by atoms with Crippen molar-refractivity contribution in [2.45, 2.75) is 0 Å². The Kier molecular flexibility index (Phi) is 2.91. The third-order valence-corrected chi connectivity index (χ3v) is 3.29. The molecule has 2 aromatic rings. The molecule has 0 unspecified atom stereocenters. The van der Waals surface area contributed by atoms with Gasteiger partial charge in [-0.15, -0.1) is 10.2 Å². The van der Waals surface area contributed by atoms with Crippen molar-refractivity contribution in [2.75, 3.05) is 0 Å². The van der Waals surface area contributed by atoms with E-state index < -0.39 is 17.5 Å². The molecule has 0 aliphatic carbocycles. The lowest BCUT2D eigenvalue weighted by molar-refractivity contribution is 0.449. The van der Waals surface area contributed by atoms with E-state index in [0.29, 0.717) is 3.01 Å². The second-order valence-electron chi connectivity index (χ2n) is 2.58. The number of halogens is 4. The lowest BCUT2D eigenvalue weighted by Crippen LogP contribution is -1.93. The van der Waals surface area contributed by atoms with Crippen molar-refractivity contribution >= 4 is 33.9 Å². The van der Waals surface area contributed by atoms with E-state index in [1.165, 1.54) is 0 Å². The lowest BCUT2D eigenvalue weighted by Gasteiger charge is -1.99. The van der Waals surface area contributed by atoms with E-state index in [-0.39, 0.29) is 10.6 Å². The first-order chi connectivity index (χ1) is 7.09. The zero-order valence-electron chi connectivity index (χ0n) is 6.97. The van der Waals surface area contributed by atoms with Crippen molar-refractivity contribution in [3.05, 3.63) is 32.6 Å². The van der Waals surface area contributed by atoms with Crippen molar-refractivity contribution in [2.24, 2.45) is 0 Å². The smallest absolute Gasteiger partial charge is 0.195 e. The van der Waals surface area contributed by atoms with Gasteiger partial charge in [0.2, 0.25) is 0 Å². The van der Waals surface area contributed by atoms with Crippen LogP contribution in [0.3, 0.4) is 0 Å². The average molecular weight is 342 g/mol. The summed E-state index contributed by atoms with van der Waals surface area (Å²) in [4.78, 5) is 0. The molecular weight excluding hydrogens is 340 g/mol. The van der Waals surface area contributed by atoms with Gasteiger partial charge >= 0.3 is 0 Å². The van der Waals surface area contributed by atoms with Crippen molar-refractivity contribution in [3.63, 3.8) is 0 Å². The van der Waals surface area contributed by atoms with Gasteiger partial charge < -0.3 is 0 Å². The number of benzene rings is 1. The highest BCUT2D eigenvalue weighted by atomic mass is 127. The molecule has 0 saturated carbocycles. The second kappa shape index (κ2) is 4.05. The maximum absolute atomic E-state index is 13.3. The highest BCUT2D eigenvalue weighted by Crippen LogP contribution is 2.28. The Hall–Kier alpha value is -0.700. The fourth-order valence-electron chi connectivity index (χ4n) is 1.01. The Balaban J connectivity index is 2.59. The van der Waals surface area contributed by atoms with E-state index in [4.69, 9.17) is 0 Å². The molecule has 1 heterocycles. The highest BCUT2D eigenvalue weighted by Gasteiger charge is 2.17. The van der Waals surface area contributed by atoms with Crippen LogP contribution in [0.15, 0.2) is 12.1 Å². The van der Waals surface area contributed by atoms with Gasteiger partial charge in [0.1, 0.15) is 0 Å². The Morgan fingerprint density at radius 1 is 1.07 bits per heavy atom. The molecule has 0 saturated heterocycles. The molecule has 0 atom stereocenters. The highest BCUT2D eigenvalue weighted by molar-refractivity contribution is 14.1. The molecule has 2 rings (SSSR count). The quantitative estimate of drug-likeness (QED) is 0.588. The number of hydrogen-bond donors (Lipinski definition) is 0. The normalized spacial score (nSPS) is 10.7. The molecule has 0 fully saturated rings. The molecule has 15 heavy (non-hydrogen) atoms. The van der Waals surface area contributed by atoms with Crippen LogP contribution in [0.5, 0.6) is 0 Å². The van der Waals surface area contributed by atoms with Crippen LogP contribution in [-0.4, -0.2) is 10.2 Å². The van der Waals surface area contributed by atoms with Crippen LogP contribution in [0.1, 0.15) is 0 Å². The summed E-state index contributed by atoms with van der Waals surface area (Å²) in [6.45, 7) is 0. The lowest BCUT2D eigenvalue weighted by atomic mass is 10.2. The van der Waals surface area contributed by atoms with Gasteiger partial charge in [-0.1, -0.05) is 11.3 Å². The Bertz CT molecular complexity index is 515. The molecule has 0 aliphatic heterocycles. The van der Waals surface area contributed by atoms with E-state index in [2.05, 4.69) is 10.2 Å². The van der Waals surface area contributed by atoms with Crippen molar-refractivity contribution in [1.29, 1.82) is 0 Å². The van der Waals surface area contributed by atoms with Gasteiger partial charge in [0.15, 0.2) is 25.5 Å². The summed E-state index contributed by atoms with van der Waals surface area (Å²) >= 11 is 3.01. The van der Waals surface area contributed by atoms with E-state index in [1.54, 1.807) is 0 Å². The standard InChI is InChI=1S/C8H2F3IN2S/c9-4-2-1-3(5(10)6(4)11)7-13-14-8(12)15-7/h1-2H. The van der Waals surface area contributed by atoms with E-state index >= 15 is 0 Å². The van der Waals surface area contributed by atoms with Gasteiger partial charge in [0.05, 0.1) is 5.56 Å². The molecule has 0 aliphatic rings. The van der Waals surface area contributed by atoms with Gasteiger partial charge in [-0.3, -0.25) is 0 Å². The van der Waals surface area contributed by atoms with Gasteiger partial charge in [0, 0.05) is 0 Å². The van der Waals surface area contributed by atoms with Crippen LogP contribution >= 0.6 is 33.9 Å². The van der Waals surface area contributed by atoms with Crippen LogP contribution in [-0.2, 0) is 0 Å². The number of nitrogens with zero attached hydrogens (tertiary/aromatic N) is 2. The Labute approximate surface area is 100 Å². The summed E-state index contributed by atoms with van der Waals surface area (Å²) in [7, 11) is 0. The van der Waals surface area contributed by atoms with Crippen LogP contribution in [0.4, 0.5) is 13.2 Å². The van der Waals surface area contributed by atoms with Gasteiger partial charge in [0.25, 0.3) is 0 Å². The molecule has 1 aromatic heterocycles. The summed E-state index contributed by atoms with van der Waals surface area (Å²) in [5.41, 5.74) is -0.0747. The second-order valence-corrected chi connectivity index (χ2v) is 5.31. The molecule has 0 spiro atoms. The summed E-state index contributed by atoms with van der Waals surface area (Å²) in [6.07, 6.45) is 0. The molecule has 0 amide bonds. The summed E-state index contributed by atoms with van der Waals surface area (Å²) < 4.78 is 39.4. The topological polar surface area (TPSA) is 25.8 Å². The van der Waals surface area contributed by atoms with Crippen molar-refractivity contribution in [1.82, 2.24) is 10.2 Å². The molecular formula is C8H2F3IN2S. The molecule has 0 N–H and O–H groups in total. The number of rotatable bonds is 1. The van der Waals surface area contributed by atoms with Gasteiger partial charge in [-0.05, 0) is 34.7 Å². The Morgan fingerprint density at radius 2 is 1.80 bits per heavy atom. The van der Waals surface area contributed by atoms with Crippen LogP contribution in [0.25, 0.3) is 10.6 Å². The third-order valence-electron chi connectivity index (χ3n) is 1.67. The minimum Gasteiger partial charge on any atom is -0.204 e. The average Bonchev–Trinajstić information content (AvgIpc) is 2.61. The number of hydrogen-bond acceptors (Lipinski definition) is 3. The van der Waals surface area contributed by atoms with Crippen LogP contribution in [0.2, 0.25) is 0 Å². The predicted octanol–water partition coefficient (Wildman–Crippen LogP) is 3.23. The monoisotopic (exact) mass is 342 g/mol. The molecule has 0 bridgehead atoms. The van der Waals surface area contributed by atoms with E-state index in [9.17, 15) is 13.2 Å². The minimum absolute atomic E-state index is 0.0747. The SMILES string of the molecule is Fc1ccc(-c2nnc(I)s2)c(F)c1F. The van der Waals surface area contributed by atoms with Crippen LogP contribution in [0, 0.1) is 20.5 Å². The molecule has 7 heteroatoms. The van der Waals surface area contributed by atoms with Crippen LogP contribution < -0.4 is 0 Å². The first kappa shape index (κ1) is 10.8. The number of aromatic nitrogens is 2. The van der Waals surface area contributed by atoms with Gasteiger partial charge in [-0.2, -0.15) is 0 Å². The summed E-state index contributed by atoms with van der Waals surface area (Å²) in [5, 5.41) is 7.54. The van der Waals surface area contributed by atoms with E-state index in [1.807, 2.05) is 22.6 Å².